The van der Waals surface area contributed by atoms with Crippen LogP contribution in [-0.2, 0) is 28.7 Å². The molecule has 0 aliphatic carbocycles. The summed E-state index contributed by atoms with van der Waals surface area (Å²) in [6, 6.07) is 12.2. The molecule has 18 nitrogen and oxygen atoms in total. The van der Waals surface area contributed by atoms with E-state index in [2.05, 4.69) is 20.7 Å². The standard InChI is InChI=1S/C36H35N7O11S2/c1-36(2)28(35(51)54-17-41-31(48)20-8-4-5-9-21(20)32(41)49)42-33(50)27(34(42)55-36)39-30(47)26(18-12-14-19(44)15-13-18)38-29(46)22(16-25(45)37-3)40-56-24-11-7-6-10-23(24)43(52)53/h4-15,22,26-28,34,40,44H,16-17H2,1-3H3,(H,37,45)(H,38,46)(H,39,47)/t22?,26?,27-,28+,34-/m1/s1. The predicted molar refractivity (Wildman–Crippen MR) is 199 cm³/mol. The fourth-order valence-corrected chi connectivity index (χ4v) is 8.91. The molecule has 20 heteroatoms. The minimum atomic E-state index is -1.46. The summed E-state index contributed by atoms with van der Waals surface area (Å²) in [7, 11) is 1.36. The molecule has 3 aromatic rings. The normalized spacial score (nSPS) is 20.3. The number of nitro groups is 1. The molecule has 292 valence electrons. The average molecular weight is 806 g/mol. The summed E-state index contributed by atoms with van der Waals surface area (Å²) in [4.78, 5) is 106. The fourth-order valence-electron chi connectivity index (χ4n) is 6.44. The second-order valence-electron chi connectivity index (χ2n) is 13.3. The van der Waals surface area contributed by atoms with Crippen LogP contribution in [0.2, 0.25) is 0 Å². The van der Waals surface area contributed by atoms with Crippen LogP contribution in [-0.4, -0.2) is 103 Å². The monoisotopic (exact) mass is 805 g/mol. The van der Waals surface area contributed by atoms with E-state index in [-0.39, 0.29) is 33.0 Å². The first-order valence-electron chi connectivity index (χ1n) is 17.0. The second kappa shape index (κ2) is 16.0. The summed E-state index contributed by atoms with van der Waals surface area (Å²) in [6.45, 7) is 2.74. The number of carbonyl (C=O) groups excluding carboxylic acids is 7. The lowest BCUT2D eigenvalue weighted by atomic mass is 9.95. The maximum atomic E-state index is 14.0. The minimum absolute atomic E-state index is 0.130. The number of β-lactam (4-membered cyclic amide) rings is 1. The number of rotatable bonds is 14. The van der Waals surface area contributed by atoms with E-state index in [1.54, 1.807) is 32.0 Å². The van der Waals surface area contributed by atoms with E-state index in [0.29, 0.717) is 0 Å². The molecule has 3 aliphatic heterocycles. The Kier molecular flexibility index (Phi) is 11.3. The number of imide groups is 1. The van der Waals surface area contributed by atoms with Gasteiger partial charge in [-0.1, -0.05) is 36.4 Å². The van der Waals surface area contributed by atoms with Crippen molar-refractivity contribution in [3.05, 3.63) is 99.6 Å². The molecule has 6 rings (SSSR count). The third-order valence-electron chi connectivity index (χ3n) is 9.31. The third-order valence-corrected chi connectivity index (χ3v) is 11.8. The minimum Gasteiger partial charge on any atom is -0.508 e. The number of ether oxygens (including phenoxy) is 1. The van der Waals surface area contributed by atoms with Crippen molar-refractivity contribution < 1.29 is 48.3 Å². The lowest BCUT2D eigenvalue weighted by Gasteiger charge is -2.44. The van der Waals surface area contributed by atoms with Crippen molar-refractivity contribution in [3.63, 3.8) is 0 Å². The van der Waals surface area contributed by atoms with Crippen molar-refractivity contribution in [1.82, 2.24) is 30.5 Å². The van der Waals surface area contributed by atoms with E-state index in [4.69, 9.17) is 4.74 Å². The Hall–Kier alpha value is -5.99. The largest absolute Gasteiger partial charge is 0.508 e. The van der Waals surface area contributed by atoms with Crippen molar-refractivity contribution in [3.8, 4) is 5.75 Å². The van der Waals surface area contributed by atoms with Gasteiger partial charge < -0.3 is 30.7 Å². The summed E-state index contributed by atoms with van der Waals surface area (Å²) >= 11 is 1.97. The number of esters is 1. The maximum absolute atomic E-state index is 14.0. The van der Waals surface area contributed by atoms with E-state index < -0.39 is 93.8 Å². The van der Waals surface area contributed by atoms with E-state index in [0.717, 1.165) is 16.8 Å². The number of fused-ring (bicyclic) bond motifs is 2. The van der Waals surface area contributed by atoms with Crippen molar-refractivity contribution >= 4 is 70.8 Å². The molecule has 2 fully saturated rings. The zero-order valence-corrected chi connectivity index (χ0v) is 31.5. The lowest BCUT2D eigenvalue weighted by molar-refractivity contribution is -0.387. The summed E-state index contributed by atoms with van der Waals surface area (Å²) in [5.41, 5.74) is 0.325. The molecule has 2 unspecified atom stereocenters. The van der Waals surface area contributed by atoms with Crippen LogP contribution in [0.4, 0.5) is 5.69 Å². The lowest BCUT2D eigenvalue weighted by Crippen LogP contribution is -2.71. The number of nitro benzene ring substituents is 1. The Morgan fingerprint density at radius 2 is 1.59 bits per heavy atom. The summed E-state index contributed by atoms with van der Waals surface area (Å²) in [5, 5.41) is 28.4. The van der Waals surface area contributed by atoms with Crippen molar-refractivity contribution in [1.29, 1.82) is 0 Å². The van der Waals surface area contributed by atoms with Gasteiger partial charge in [-0.15, -0.1) is 11.8 Å². The van der Waals surface area contributed by atoms with Crippen LogP contribution in [0.15, 0.2) is 77.7 Å². The number of nitrogens with one attached hydrogen (secondary N) is 4. The summed E-state index contributed by atoms with van der Waals surface area (Å²) in [5.74, 6) is -5.08. The van der Waals surface area contributed by atoms with Crippen LogP contribution >= 0.6 is 23.7 Å². The summed E-state index contributed by atoms with van der Waals surface area (Å²) in [6.07, 6.45) is -0.422. The van der Waals surface area contributed by atoms with E-state index in [9.17, 15) is 48.8 Å². The van der Waals surface area contributed by atoms with Crippen LogP contribution in [0.25, 0.3) is 0 Å². The number of benzene rings is 3. The Balaban J connectivity index is 1.15. The van der Waals surface area contributed by atoms with Gasteiger partial charge in [0.2, 0.25) is 23.6 Å². The molecule has 0 radical (unpaired) electrons. The van der Waals surface area contributed by atoms with Gasteiger partial charge in [-0.05, 0) is 61.7 Å². The quantitative estimate of drug-likeness (QED) is 0.0388. The number of phenolic OH excluding ortho intramolecular Hbond substituents is 1. The predicted octanol–water partition coefficient (Wildman–Crippen LogP) is 1.60. The number of nitrogens with zero attached hydrogens (tertiary/aromatic N) is 3. The zero-order valence-electron chi connectivity index (χ0n) is 29.9. The van der Waals surface area contributed by atoms with Crippen molar-refractivity contribution in [2.75, 3.05) is 13.8 Å². The zero-order chi connectivity index (χ0) is 40.5. The number of hydrogen-bond donors (Lipinski definition) is 5. The van der Waals surface area contributed by atoms with Crippen molar-refractivity contribution in [2.24, 2.45) is 0 Å². The fraction of sp³-hybridized carbons (Fsp3) is 0.306. The molecular weight excluding hydrogens is 771 g/mol. The molecule has 0 saturated carbocycles. The smallest absolute Gasteiger partial charge is 0.332 e. The highest BCUT2D eigenvalue weighted by Crippen LogP contribution is 2.51. The van der Waals surface area contributed by atoms with Gasteiger partial charge in [-0.25, -0.2) is 14.4 Å². The van der Waals surface area contributed by atoms with Crippen LogP contribution in [0.1, 0.15) is 52.6 Å². The molecule has 3 heterocycles. The molecule has 2 saturated heterocycles. The number of carbonyl (C=O) groups is 7. The van der Waals surface area contributed by atoms with Gasteiger partial charge in [0.05, 0.1) is 22.5 Å². The van der Waals surface area contributed by atoms with Crippen LogP contribution in [0, 0.1) is 10.1 Å². The topological polar surface area (TPSA) is 247 Å². The molecule has 0 spiro atoms. The molecule has 56 heavy (non-hydrogen) atoms. The van der Waals surface area contributed by atoms with Gasteiger partial charge in [0.1, 0.15) is 40.2 Å². The van der Waals surface area contributed by atoms with Crippen molar-refractivity contribution in [2.45, 2.75) is 59.5 Å². The first-order valence-corrected chi connectivity index (χ1v) is 18.7. The molecular formula is C36H35N7O11S2. The Morgan fingerprint density at radius 1 is 0.964 bits per heavy atom. The summed E-state index contributed by atoms with van der Waals surface area (Å²) < 4.78 is 7.27. The number of amides is 6. The number of phenols is 1. The molecule has 5 atom stereocenters. The highest BCUT2D eigenvalue weighted by Gasteiger charge is 2.64. The van der Waals surface area contributed by atoms with Gasteiger partial charge in [-0.2, -0.15) is 0 Å². The molecule has 6 amide bonds. The second-order valence-corrected chi connectivity index (χ2v) is 16.0. The molecule has 5 N–H and O–H groups in total. The Labute approximate surface area is 327 Å². The van der Waals surface area contributed by atoms with Crippen LogP contribution in [0.5, 0.6) is 5.75 Å². The van der Waals surface area contributed by atoms with Gasteiger partial charge >= 0.3 is 5.97 Å². The number of thioether (sulfide) groups is 1. The Bertz CT molecular complexity index is 2100. The maximum Gasteiger partial charge on any atom is 0.332 e. The Morgan fingerprint density at radius 3 is 2.21 bits per heavy atom. The number of hydrogen-bond acceptors (Lipinski definition) is 14. The number of para-hydroxylation sites is 1. The SMILES string of the molecule is CNC(=O)CC(NSc1ccccc1[N+](=O)[O-])C(=O)NC(C(=O)N[C@@H]1C(=O)N2[C@@H]1SC(C)(C)[C@@H]2C(=O)OCN1C(=O)c2ccccc2C1=O)c1ccc(O)cc1. The molecule has 3 aliphatic rings. The average Bonchev–Trinajstić information content (AvgIpc) is 3.58. The van der Waals surface area contributed by atoms with Gasteiger partial charge in [0, 0.05) is 17.9 Å². The van der Waals surface area contributed by atoms with E-state index in [1.165, 1.54) is 78.3 Å². The third kappa shape index (κ3) is 7.75. The van der Waals surface area contributed by atoms with Crippen LogP contribution in [0.3, 0.4) is 0 Å². The van der Waals surface area contributed by atoms with Gasteiger partial charge in [0.15, 0.2) is 6.73 Å². The first-order chi connectivity index (χ1) is 26.6. The van der Waals surface area contributed by atoms with Gasteiger partial charge in [0.25, 0.3) is 17.5 Å². The highest BCUT2D eigenvalue weighted by atomic mass is 32.2. The van der Waals surface area contributed by atoms with Crippen LogP contribution < -0.4 is 20.7 Å². The molecule has 0 bridgehead atoms. The van der Waals surface area contributed by atoms with E-state index >= 15 is 0 Å². The van der Waals surface area contributed by atoms with E-state index in [1.807, 2.05) is 0 Å². The molecule has 3 aromatic carbocycles. The first kappa shape index (κ1) is 39.7. The molecule has 0 aromatic heterocycles. The van der Waals surface area contributed by atoms with Gasteiger partial charge in [-0.3, -0.25) is 38.9 Å². The number of aromatic hydroxyl groups is 1. The highest BCUT2D eigenvalue weighted by molar-refractivity contribution is 8.01.